The van der Waals surface area contributed by atoms with Crippen LogP contribution in [0.25, 0.3) is 0 Å². The van der Waals surface area contributed by atoms with Gasteiger partial charge in [0.2, 0.25) is 12.2 Å². The Bertz CT molecular complexity index is 1210. The highest BCUT2D eigenvalue weighted by Crippen LogP contribution is 2.17. The van der Waals surface area contributed by atoms with Crippen LogP contribution in [-0.4, -0.2) is 41.1 Å². The highest BCUT2D eigenvalue weighted by atomic mass is 16.6. The fraction of sp³-hybridized carbons (Fsp3) is 0.154. The number of carboxylic acid groups (broad SMARTS) is 1. The van der Waals surface area contributed by atoms with Crippen LogP contribution in [0.5, 0.6) is 0 Å². The van der Waals surface area contributed by atoms with E-state index in [9.17, 15) is 24.3 Å². The number of hydrogen-bond acceptors (Lipinski definition) is 6. The molecule has 2 atom stereocenters. The number of hydrogen-bond donors (Lipinski definition) is 2. The van der Waals surface area contributed by atoms with Gasteiger partial charge in [0.1, 0.15) is 0 Å². The molecule has 0 aliphatic rings. The maximum absolute atomic E-state index is 13.0. The number of ether oxygens (including phenoxy) is 2. The van der Waals surface area contributed by atoms with Crippen LogP contribution in [0.3, 0.4) is 0 Å². The van der Waals surface area contributed by atoms with Crippen LogP contribution in [0.1, 0.15) is 31.8 Å². The van der Waals surface area contributed by atoms with Crippen molar-refractivity contribution in [3.8, 4) is 0 Å². The summed E-state index contributed by atoms with van der Waals surface area (Å²) in [5, 5.41) is 12.3. The summed E-state index contributed by atoms with van der Waals surface area (Å²) in [5.41, 5.74) is 2.08. The topological polar surface area (TPSA) is 119 Å². The number of rotatable bonds is 8. The van der Waals surface area contributed by atoms with E-state index in [0.29, 0.717) is 5.69 Å². The number of esters is 2. The maximum atomic E-state index is 13.0. The van der Waals surface area contributed by atoms with Gasteiger partial charge in [0.25, 0.3) is 5.91 Å². The van der Waals surface area contributed by atoms with Crippen molar-refractivity contribution < 1.29 is 33.8 Å². The van der Waals surface area contributed by atoms with Gasteiger partial charge in [-0.05, 0) is 50.2 Å². The van der Waals surface area contributed by atoms with E-state index in [2.05, 4.69) is 5.32 Å². The second-order valence-corrected chi connectivity index (χ2v) is 7.58. The quantitative estimate of drug-likeness (QED) is 0.490. The molecule has 3 rings (SSSR count). The number of aryl methyl sites for hydroxylation is 2. The third-order valence-corrected chi connectivity index (χ3v) is 4.79. The van der Waals surface area contributed by atoms with Gasteiger partial charge in [-0.1, -0.05) is 53.6 Å². The summed E-state index contributed by atoms with van der Waals surface area (Å²) >= 11 is 0. The Morgan fingerprint density at radius 2 is 1.21 bits per heavy atom. The second kappa shape index (κ2) is 10.9. The number of carboxylic acids is 1. The summed E-state index contributed by atoms with van der Waals surface area (Å²) in [6.07, 6.45) is -4.05. The zero-order valence-electron chi connectivity index (χ0n) is 18.6. The van der Waals surface area contributed by atoms with E-state index < -0.39 is 36.0 Å². The predicted molar refractivity (Wildman–Crippen MR) is 123 cm³/mol. The van der Waals surface area contributed by atoms with Crippen molar-refractivity contribution in [2.24, 2.45) is 0 Å². The SMILES string of the molecule is Cc1cccc(C(=O)O[C@H](C(=O)Nc2ccccc2)[C@@H](OC(=O)c2cccc(C)c2)C(=O)O)c1. The van der Waals surface area contributed by atoms with Gasteiger partial charge in [-0.25, -0.2) is 14.4 Å². The molecule has 3 aromatic carbocycles. The van der Waals surface area contributed by atoms with Gasteiger partial charge in [0.05, 0.1) is 11.1 Å². The molecule has 34 heavy (non-hydrogen) atoms. The summed E-state index contributed by atoms with van der Waals surface area (Å²) in [6, 6.07) is 20.9. The molecule has 0 aliphatic carbocycles. The molecule has 2 N–H and O–H groups in total. The van der Waals surface area contributed by atoms with E-state index in [-0.39, 0.29) is 11.1 Å². The van der Waals surface area contributed by atoms with Gasteiger partial charge < -0.3 is 19.9 Å². The molecule has 0 saturated heterocycles. The molecule has 0 saturated carbocycles. The van der Waals surface area contributed by atoms with Gasteiger partial charge in [0.15, 0.2) is 0 Å². The Hall–Kier alpha value is -4.46. The summed E-state index contributed by atoms with van der Waals surface area (Å²) in [5.74, 6) is -4.52. The number of nitrogens with one attached hydrogen (secondary N) is 1. The second-order valence-electron chi connectivity index (χ2n) is 7.58. The van der Waals surface area contributed by atoms with Crippen molar-refractivity contribution in [1.29, 1.82) is 0 Å². The number of carbonyl (C=O) groups is 4. The lowest BCUT2D eigenvalue weighted by Gasteiger charge is -2.23. The van der Waals surface area contributed by atoms with E-state index in [1.807, 2.05) is 0 Å². The molecule has 0 fully saturated rings. The summed E-state index contributed by atoms with van der Waals surface area (Å²) < 4.78 is 10.5. The van der Waals surface area contributed by atoms with E-state index in [1.165, 1.54) is 24.3 Å². The van der Waals surface area contributed by atoms with E-state index in [4.69, 9.17) is 9.47 Å². The van der Waals surface area contributed by atoms with Gasteiger partial charge in [-0.15, -0.1) is 0 Å². The van der Waals surface area contributed by atoms with Crippen LogP contribution in [0.15, 0.2) is 78.9 Å². The number of benzene rings is 3. The smallest absolute Gasteiger partial charge is 0.349 e. The van der Waals surface area contributed by atoms with Crippen molar-refractivity contribution in [2.75, 3.05) is 5.32 Å². The summed E-state index contributed by atoms with van der Waals surface area (Å²) in [6.45, 7) is 3.52. The minimum absolute atomic E-state index is 0.0958. The molecular formula is C26H23NO7. The number of carbonyl (C=O) groups excluding carboxylic acids is 3. The van der Waals surface area contributed by atoms with E-state index in [1.54, 1.807) is 68.4 Å². The highest BCUT2D eigenvalue weighted by Gasteiger charge is 2.41. The first kappa shape index (κ1) is 24.2. The maximum Gasteiger partial charge on any atom is 0.349 e. The van der Waals surface area contributed by atoms with Crippen LogP contribution in [0.4, 0.5) is 5.69 Å². The Kier molecular flexibility index (Phi) is 7.76. The van der Waals surface area contributed by atoms with Crippen LogP contribution >= 0.6 is 0 Å². The molecule has 0 aromatic heterocycles. The standard InChI is InChI=1S/C26H23NO7/c1-16-8-6-10-18(14-16)25(31)33-21(23(28)27-20-12-4-3-5-13-20)22(24(29)30)34-26(32)19-11-7-9-17(2)15-19/h3-15,21-22H,1-2H3,(H,27,28)(H,29,30)/t21-,22+/m0/s1. The van der Waals surface area contributed by atoms with Crippen molar-refractivity contribution in [2.45, 2.75) is 26.1 Å². The fourth-order valence-electron chi connectivity index (χ4n) is 3.14. The average Bonchev–Trinajstić information content (AvgIpc) is 2.81. The fourth-order valence-corrected chi connectivity index (χ4v) is 3.14. The Balaban J connectivity index is 1.91. The average molecular weight is 461 g/mol. The molecule has 3 aromatic rings. The predicted octanol–water partition coefficient (Wildman–Crippen LogP) is 3.78. The van der Waals surface area contributed by atoms with Crippen LogP contribution < -0.4 is 5.32 Å². The van der Waals surface area contributed by atoms with E-state index in [0.717, 1.165) is 11.1 Å². The number of anilines is 1. The first-order valence-electron chi connectivity index (χ1n) is 10.4. The Labute approximate surface area is 196 Å². The van der Waals surface area contributed by atoms with E-state index >= 15 is 0 Å². The Morgan fingerprint density at radius 1 is 0.706 bits per heavy atom. The summed E-state index contributed by atoms with van der Waals surface area (Å²) in [7, 11) is 0. The zero-order valence-corrected chi connectivity index (χ0v) is 18.6. The number of amides is 1. The highest BCUT2D eigenvalue weighted by molar-refractivity contribution is 6.01. The molecule has 0 spiro atoms. The molecule has 0 bridgehead atoms. The van der Waals surface area contributed by atoms with Crippen LogP contribution in [0.2, 0.25) is 0 Å². The summed E-state index contributed by atoms with van der Waals surface area (Å²) in [4.78, 5) is 50.5. The van der Waals surface area contributed by atoms with Crippen molar-refractivity contribution in [3.63, 3.8) is 0 Å². The minimum Gasteiger partial charge on any atom is -0.478 e. The molecular weight excluding hydrogens is 438 g/mol. The molecule has 0 aliphatic heterocycles. The number of para-hydroxylation sites is 1. The number of aliphatic carboxylic acids is 1. The molecule has 8 heteroatoms. The molecule has 0 radical (unpaired) electrons. The van der Waals surface area contributed by atoms with Gasteiger partial charge in [-0.3, -0.25) is 4.79 Å². The lowest BCUT2D eigenvalue weighted by molar-refractivity contribution is -0.157. The Morgan fingerprint density at radius 3 is 1.68 bits per heavy atom. The van der Waals surface area contributed by atoms with Crippen molar-refractivity contribution >= 4 is 29.5 Å². The molecule has 174 valence electrons. The lowest BCUT2D eigenvalue weighted by atomic mass is 10.1. The third-order valence-electron chi connectivity index (χ3n) is 4.79. The van der Waals surface area contributed by atoms with Gasteiger partial charge in [0, 0.05) is 5.69 Å². The van der Waals surface area contributed by atoms with Gasteiger partial charge >= 0.3 is 17.9 Å². The monoisotopic (exact) mass is 461 g/mol. The molecule has 0 unspecified atom stereocenters. The minimum atomic E-state index is -2.09. The van der Waals surface area contributed by atoms with Crippen molar-refractivity contribution in [3.05, 3.63) is 101 Å². The first-order chi connectivity index (χ1) is 16.2. The van der Waals surface area contributed by atoms with Crippen LogP contribution in [-0.2, 0) is 19.1 Å². The van der Waals surface area contributed by atoms with Crippen LogP contribution in [0, 0.1) is 13.8 Å². The molecule has 8 nitrogen and oxygen atoms in total. The lowest BCUT2D eigenvalue weighted by Crippen LogP contribution is -2.48. The third kappa shape index (κ3) is 6.29. The molecule has 1 amide bonds. The molecule has 0 heterocycles. The first-order valence-corrected chi connectivity index (χ1v) is 10.4. The van der Waals surface area contributed by atoms with Crippen molar-refractivity contribution in [1.82, 2.24) is 0 Å². The largest absolute Gasteiger partial charge is 0.478 e. The zero-order chi connectivity index (χ0) is 24.7. The van der Waals surface area contributed by atoms with Gasteiger partial charge in [-0.2, -0.15) is 0 Å². The normalized spacial score (nSPS) is 12.2.